The first-order chi connectivity index (χ1) is 22.4. The van der Waals surface area contributed by atoms with E-state index in [9.17, 15) is 19.8 Å². The highest BCUT2D eigenvalue weighted by Gasteiger charge is 2.42. The van der Waals surface area contributed by atoms with Gasteiger partial charge in [0.25, 0.3) is 11.8 Å². The van der Waals surface area contributed by atoms with E-state index in [0.717, 1.165) is 11.1 Å². The molecule has 0 aliphatic carbocycles. The minimum atomic E-state index is -1.82. The molecule has 2 saturated heterocycles. The number of carbonyl (C=O) groups is 2. The standard InChI is InChI=1S/C34H48N2O10/c1-3-41-21-27-15-25(19-43-27)35-33(39)31(45-17-23-11-7-5-8-12-23)29(37)30(38)32(46-18-24-13-9-6-10-14-24)34(40)36-26-16-28(44-20-26)22-42-4-2/h5-14,25-32,37-38H,3-4,15-22H2,1-2H3,(H,35,39)(H,36,40)/t25-,26?,27-,28-,29+,30+,31+,32+/m0/s1. The topological polar surface area (TPSA) is 154 Å². The van der Waals surface area contributed by atoms with Gasteiger partial charge in [-0.3, -0.25) is 9.59 Å². The zero-order valence-electron chi connectivity index (χ0n) is 26.6. The Labute approximate surface area is 270 Å². The minimum absolute atomic E-state index is 0.0147. The molecule has 0 spiro atoms. The summed E-state index contributed by atoms with van der Waals surface area (Å²) in [5.74, 6) is -1.28. The molecule has 12 nitrogen and oxygen atoms in total. The average Bonchev–Trinajstić information content (AvgIpc) is 3.72. The van der Waals surface area contributed by atoms with Crippen LogP contribution in [0.3, 0.4) is 0 Å². The van der Waals surface area contributed by atoms with Crippen molar-refractivity contribution in [3.05, 3.63) is 71.8 Å². The fraction of sp³-hybridized carbons (Fsp3) is 0.588. The average molecular weight is 645 g/mol. The van der Waals surface area contributed by atoms with E-state index in [1.807, 2.05) is 74.5 Å². The third-order valence-corrected chi connectivity index (χ3v) is 7.90. The van der Waals surface area contributed by atoms with Gasteiger partial charge in [-0.15, -0.1) is 0 Å². The highest BCUT2D eigenvalue weighted by molar-refractivity contribution is 5.84. The molecule has 1 unspecified atom stereocenters. The second-order valence-electron chi connectivity index (χ2n) is 11.5. The van der Waals surface area contributed by atoms with Crippen LogP contribution in [0.5, 0.6) is 0 Å². The van der Waals surface area contributed by atoms with Crippen LogP contribution < -0.4 is 10.6 Å². The van der Waals surface area contributed by atoms with Gasteiger partial charge in [0.1, 0.15) is 12.2 Å². The zero-order chi connectivity index (χ0) is 32.7. The van der Waals surface area contributed by atoms with Gasteiger partial charge in [0.05, 0.1) is 63.9 Å². The summed E-state index contributed by atoms with van der Waals surface area (Å²) in [6.45, 7) is 6.23. The Balaban J connectivity index is 1.47. The fourth-order valence-electron chi connectivity index (χ4n) is 5.45. The molecule has 46 heavy (non-hydrogen) atoms. The van der Waals surface area contributed by atoms with E-state index in [0.29, 0.717) is 39.3 Å². The van der Waals surface area contributed by atoms with Crippen LogP contribution in [-0.4, -0.2) is 110 Å². The molecule has 2 aliphatic rings. The molecular formula is C34H48N2O10. The number of nitrogens with one attached hydrogen (secondary N) is 2. The zero-order valence-corrected chi connectivity index (χ0v) is 26.6. The summed E-state index contributed by atoms with van der Waals surface area (Å²) >= 11 is 0. The van der Waals surface area contributed by atoms with E-state index in [-0.39, 0.29) is 50.7 Å². The van der Waals surface area contributed by atoms with Crippen LogP contribution in [-0.2, 0) is 51.2 Å². The summed E-state index contributed by atoms with van der Waals surface area (Å²) in [4.78, 5) is 27.2. The van der Waals surface area contributed by atoms with E-state index < -0.39 is 36.2 Å². The molecule has 2 aromatic rings. The van der Waals surface area contributed by atoms with Gasteiger partial charge in [-0.25, -0.2) is 0 Å². The molecule has 8 atom stereocenters. The van der Waals surface area contributed by atoms with Crippen molar-refractivity contribution in [3.63, 3.8) is 0 Å². The number of amides is 2. The van der Waals surface area contributed by atoms with Crippen molar-refractivity contribution in [1.82, 2.24) is 10.6 Å². The van der Waals surface area contributed by atoms with E-state index >= 15 is 0 Å². The van der Waals surface area contributed by atoms with Crippen LogP contribution >= 0.6 is 0 Å². The molecule has 0 saturated carbocycles. The number of rotatable bonds is 19. The maximum Gasteiger partial charge on any atom is 0.252 e. The molecule has 2 aromatic carbocycles. The SMILES string of the molecule is CCOC[C@@H]1CC(NC(=O)[C@H](OCc2ccccc2)[C@H](O)[C@@H](O)[C@@H](OCc2ccccc2)C(=O)N[C@@H]2CO[C@H](COCC)C2)CO1. The van der Waals surface area contributed by atoms with E-state index in [1.54, 1.807) is 0 Å². The van der Waals surface area contributed by atoms with Gasteiger partial charge in [0.2, 0.25) is 0 Å². The van der Waals surface area contributed by atoms with Gasteiger partial charge < -0.3 is 49.3 Å². The highest BCUT2D eigenvalue weighted by atomic mass is 16.5. The van der Waals surface area contributed by atoms with Crippen molar-refractivity contribution in [2.75, 3.05) is 39.6 Å². The van der Waals surface area contributed by atoms with Crippen molar-refractivity contribution in [3.8, 4) is 0 Å². The molecule has 2 aliphatic heterocycles. The highest BCUT2D eigenvalue weighted by Crippen LogP contribution is 2.20. The molecule has 2 fully saturated rings. The van der Waals surface area contributed by atoms with Crippen molar-refractivity contribution in [2.45, 2.75) is 88.6 Å². The lowest BCUT2D eigenvalue weighted by Crippen LogP contribution is -2.57. The summed E-state index contributed by atoms with van der Waals surface area (Å²) in [6, 6.07) is 17.6. The third-order valence-electron chi connectivity index (χ3n) is 7.90. The van der Waals surface area contributed by atoms with E-state index in [1.165, 1.54) is 0 Å². The quantitative estimate of drug-likeness (QED) is 0.177. The molecule has 2 amide bonds. The molecule has 0 radical (unpaired) electrons. The fourth-order valence-corrected chi connectivity index (χ4v) is 5.45. The molecule has 0 bridgehead atoms. The predicted octanol–water partition coefficient (Wildman–Crippen LogP) is 1.50. The molecule has 4 N–H and O–H groups in total. The second kappa shape index (κ2) is 19.0. The van der Waals surface area contributed by atoms with Gasteiger partial charge in [-0.05, 0) is 37.8 Å². The van der Waals surface area contributed by atoms with Gasteiger partial charge in [0, 0.05) is 13.2 Å². The van der Waals surface area contributed by atoms with Crippen LogP contribution in [0.2, 0.25) is 0 Å². The largest absolute Gasteiger partial charge is 0.387 e. The predicted molar refractivity (Wildman–Crippen MR) is 168 cm³/mol. The first kappa shape index (κ1) is 35.9. The smallest absolute Gasteiger partial charge is 0.252 e. The number of hydrogen-bond acceptors (Lipinski definition) is 10. The van der Waals surface area contributed by atoms with Crippen LogP contribution in [0.1, 0.15) is 37.8 Å². The number of carbonyl (C=O) groups excluding carboxylic acids is 2. The van der Waals surface area contributed by atoms with Crippen LogP contribution in [0.4, 0.5) is 0 Å². The Kier molecular flexibility index (Phi) is 14.8. The Bertz CT molecular complexity index is 1080. The Morgan fingerprint density at radius 3 is 1.48 bits per heavy atom. The molecule has 0 aromatic heterocycles. The Morgan fingerprint density at radius 1 is 0.717 bits per heavy atom. The summed E-state index contributed by atoms with van der Waals surface area (Å²) < 4.78 is 34.3. The molecule has 4 rings (SSSR count). The van der Waals surface area contributed by atoms with Crippen molar-refractivity contribution in [2.24, 2.45) is 0 Å². The number of aliphatic hydroxyl groups excluding tert-OH is 2. The normalized spacial score (nSPS) is 23.8. The maximum atomic E-state index is 13.6. The minimum Gasteiger partial charge on any atom is -0.387 e. The van der Waals surface area contributed by atoms with Crippen molar-refractivity contribution < 1.29 is 48.2 Å². The van der Waals surface area contributed by atoms with Crippen molar-refractivity contribution >= 4 is 11.8 Å². The van der Waals surface area contributed by atoms with E-state index in [2.05, 4.69) is 10.6 Å². The Morgan fingerprint density at radius 2 is 1.11 bits per heavy atom. The number of hydrogen-bond donors (Lipinski definition) is 4. The molecule has 2 heterocycles. The molecular weight excluding hydrogens is 596 g/mol. The lowest BCUT2D eigenvalue weighted by Gasteiger charge is -2.31. The molecule has 12 heteroatoms. The summed E-state index contributed by atoms with van der Waals surface area (Å²) in [7, 11) is 0. The van der Waals surface area contributed by atoms with Crippen molar-refractivity contribution in [1.29, 1.82) is 0 Å². The first-order valence-corrected chi connectivity index (χ1v) is 16.0. The Hall–Kier alpha value is -2.94. The van der Waals surface area contributed by atoms with Crippen LogP contribution in [0.25, 0.3) is 0 Å². The third kappa shape index (κ3) is 11.1. The second-order valence-corrected chi connectivity index (χ2v) is 11.5. The van der Waals surface area contributed by atoms with Gasteiger partial charge in [-0.2, -0.15) is 0 Å². The number of ether oxygens (including phenoxy) is 6. The van der Waals surface area contributed by atoms with E-state index in [4.69, 9.17) is 28.4 Å². The first-order valence-electron chi connectivity index (χ1n) is 16.0. The van der Waals surface area contributed by atoms with Gasteiger partial charge in [0.15, 0.2) is 12.2 Å². The van der Waals surface area contributed by atoms with Crippen LogP contribution in [0.15, 0.2) is 60.7 Å². The maximum absolute atomic E-state index is 13.6. The van der Waals surface area contributed by atoms with Gasteiger partial charge >= 0.3 is 0 Å². The number of benzene rings is 2. The summed E-state index contributed by atoms with van der Waals surface area (Å²) in [5, 5.41) is 28.7. The summed E-state index contributed by atoms with van der Waals surface area (Å²) in [6.07, 6.45) is -5.98. The lowest BCUT2D eigenvalue weighted by molar-refractivity contribution is -0.171. The van der Waals surface area contributed by atoms with Crippen LogP contribution in [0, 0.1) is 0 Å². The summed E-state index contributed by atoms with van der Waals surface area (Å²) in [5.41, 5.74) is 1.53. The lowest BCUT2D eigenvalue weighted by atomic mass is 10.00. The van der Waals surface area contributed by atoms with Gasteiger partial charge in [-0.1, -0.05) is 60.7 Å². The monoisotopic (exact) mass is 644 g/mol. The number of aliphatic hydroxyl groups is 2. The molecule has 254 valence electrons.